The van der Waals surface area contributed by atoms with E-state index in [1.807, 2.05) is 12.3 Å². The van der Waals surface area contributed by atoms with Crippen LogP contribution in [0.25, 0.3) is 0 Å². The van der Waals surface area contributed by atoms with Gasteiger partial charge in [-0.05, 0) is 18.1 Å². The summed E-state index contributed by atoms with van der Waals surface area (Å²) in [7, 11) is 0. The number of aromatic nitrogens is 1. The molecule has 5 heteroatoms. The summed E-state index contributed by atoms with van der Waals surface area (Å²) in [6, 6.07) is 3.74. The molecule has 0 unspecified atom stereocenters. The molecule has 0 spiro atoms. The number of rotatable bonds is 5. The third-order valence-electron chi connectivity index (χ3n) is 3.53. The fraction of sp³-hybridized carbons (Fsp3) is 0.600. The Balaban J connectivity index is 2.19. The Hall–Kier alpha value is -1.64. The molecule has 5 nitrogen and oxygen atoms in total. The smallest absolute Gasteiger partial charge is 0.268 e. The predicted octanol–water partition coefficient (Wildman–Crippen LogP) is 1.35. The van der Waals surface area contributed by atoms with Gasteiger partial charge in [-0.3, -0.25) is 9.69 Å². The molecule has 1 aromatic rings. The van der Waals surface area contributed by atoms with E-state index in [0.717, 1.165) is 51.3 Å². The zero-order chi connectivity index (χ0) is 14.4. The van der Waals surface area contributed by atoms with Crippen LogP contribution in [0.4, 0.5) is 0 Å². The second-order valence-electron chi connectivity index (χ2n) is 5.11. The lowest BCUT2D eigenvalue weighted by atomic mass is 10.2. The molecule has 0 saturated carbocycles. The average molecular weight is 275 g/mol. The number of morpholine rings is 1. The highest BCUT2D eigenvalue weighted by molar-refractivity contribution is 5.30. The van der Waals surface area contributed by atoms with Gasteiger partial charge in [0, 0.05) is 32.4 Å². The topological polar surface area (TPSA) is 58.3 Å². The molecule has 1 fully saturated rings. The van der Waals surface area contributed by atoms with Crippen molar-refractivity contribution in [3.05, 3.63) is 33.7 Å². The van der Waals surface area contributed by atoms with Gasteiger partial charge >= 0.3 is 0 Å². The van der Waals surface area contributed by atoms with Crippen molar-refractivity contribution in [1.82, 2.24) is 9.47 Å². The Kier molecular flexibility index (Phi) is 5.33. The second-order valence-corrected chi connectivity index (χ2v) is 5.11. The lowest BCUT2D eigenvalue weighted by molar-refractivity contribution is 0.0341. The van der Waals surface area contributed by atoms with Crippen LogP contribution in [0.15, 0.2) is 17.1 Å². The van der Waals surface area contributed by atoms with Gasteiger partial charge in [0.25, 0.3) is 5.56 Å². The van der Waals surface area contributed by atoms with Gasteiger partial charge in [-0.1, -0.05) is 13.3 Å². The lowest BCUT2D eigenvalue weighted by Gasteiger charge is -2.26. The van der Waals surface area contributed by atoms with Crippen molar-refractivity contribution in [1.29, 1.82) is 5.26 Å². The van der Waals surface area contributed by atoms with E-state index in [1.165, 1.54) is 0 Å². The third kappa shape index (κ3) is 3.69. The maximum atomic E-state index is 12.1. The van der Waals surface area contributed by atoms with Gasteiger partial charge < -0.3 is 9.30 Å². The Bertz CT molecular complexity index is 539. The Morgan fingerprint density at radius 3 is 2.80 bits per heavy atom. The summed E-state index contributed by atoms with van der Waals surface area (Å²) in [6.45, 7) is 6.84. The molecule has 1 saturated heterocycles. The van der Waals surface area contributed by atoms with Crippen LogP contribution in [0.5, 0.6) is 0 Å². The summed E-state index contributed by atoms with van der Waals surface area (Å²) < 4.78 is 7.01. The summed E-state index contributed by atoms with van der Waals surface area (Å²) in [6.07, 6.45) is 3.88. The molecule has 0 amide bonds. The van der Waals surface area contributed by atoms with Crippen molar-refractivity contribution in [2.45, 2.75) is 32.9 Å². The molecule has 1 aromatic heterocycles. The molecule has 0 radical (unpaired) electrons. The lowest BCUT2D eigenvalue weighted by Crippen LogP contribution is -2.36. The normalized spacial score (nSPS) is 16.0. The minimum absolute atomic E-state index is 0.174. The minimum atomic E-state index is -0.174. The van der Waals surface area contributed by atoms with Crippen LogP contribution in [-0.2, 0) is 17.8 Å². The first kappa shape index (κ1) is 14.8. The average Bonchev–Trinajstić information content (AvgIpc) is 2.48. The molecule has 0 aliphatic carbocycles. The Morgan fingerprint density at radius 1 is 1.40 bits per heavy atom. The highest BCUT2D eigenvalue weighted by Gasteiger charge is 2.13. The van der Waals surface area contributed by atoms with Crippen molar-refractivity contribution >= 4 is 0 Å². The van der Waals surface area contributed by atoms with Crippen LogP contribution in [0.3, 0.4) is 0 Å². The highest BCUT2D eigenvalue weighted by Crippen LogP contribution is 2.08. The van der Waals surface area contributed by atoms with Gasteiger partial charge in [0.15, 0.2) is 0 Å². The molecule has 1 aliphatic rings. The van der Waals surface area contributed by atoms with Gasteiger partial charge in [0.05, 0.1) is 13.2 Å². The van der Waals surface area contributed by atoms with E-state index in [2.05, 4.69) is 11.8 Å². The summed E-state index contributed by atoms with van der Waals surface area (Å²) in [5.74, 6) is 0. The van der Waals surface area contributed by atoms with Gasteiger partial charge in [-0.25, -0.2) is 0 Å². The monoisotopic (exact) mass is 275 g/mol. The van der Waals surface area contributed by atoms with E-state index in [0.29, 0.717) is 6.54 Å². The van der Waals surface area contributed by atoms with Gasteiger partial charge in [0.1, 0.15) is 11.6 Å². The maximum Gasteiger partial charge on any atom is 0.268 e. The molecule has 0 aromatic carbocycles. The highest BCUT2D eigenvalue weighted by atomic mass is 16.5. The molecule has 1 aliphatic heterocycles. The zero-order valence-corrected chi connectivity index (χ0v) is 12.0. The molecular weight excluding hydrogens is 254 g/mol. The molecule has 0 N–H and O–H groups in total. The maximum absolute atomic E-state index is 12.1. The third-order valence-corrected chi connectivity index (χ3v) is 3.53. The number of ether oxygens (including phenoxy) is 1. The van der Waals surface area contributed by atoms with Crippen molar-refractivity contribution in [2.24, 2.45) is 0 Å². The van der Waals surface area contributed by atoms with Crippen LogP contribution < -0.4 is 5.56 Å². The number of pyridine rings is 1. The summed E-state index contributed by atoms with van der Waals surface area (Å²) >= 11 is 0. The van der Waals surface area contributed by atoms with Crippen LogP contribution in [-0.4, -0.2) is 35.8 Å². The first-order valence-corrected chi connectivity index (χ1v) is 7.18. The van der Waals surface area contributed by atoms with Crippen molar-refractivity contribution in [3.8, 4) is 6.07 Å². The van der Waals surface area contributed by atoms with Gasteiger partial charge in [-0.2, -0.15) is 5.26 Å². The number of nitrogens with zero attached hydrogens (tertiary/aromatic N) is 3. The van der Waals surface area contributed by atoms with Crippen LogP contribution >= 0.6 is 0 Å². The van der Waals surface area contributed by atoms with E-state index in [-0.39, 0.29) is 11.1 Å². The molecular formula is C15H21N3O2. The van der Waals surface area contributed by atoms with Crippen LogP contribution in [0, 0.1) is 11.3 Å². The van der Waals surface area contributed by atoms with Crippen molar-refractivity contribution in [2.75, 3.05) is 26.3 Å². The molecule has 0 bridgehead atoms. The van der Waals surface area contributed by atoms with Crippen molar-refractivity contribution < 1.29 is 4.74 Å². The van der Waals surface area contributed by atoms with Gasteiger partial charge in [-0.15, -0.1) is 0 Å². The van der Waals surface area contributed by atoms with Crippen molar-refractivity contribution in [3.63, 3.8) is 0 Å². The molecule has 108 valence electrons. The predicted molar refractivity (Wildman–Crippen MR) is 76.4 cm³/mol. The molecule has 2 rings (SSSR count). The number of nitriles is 1. The van der Waals surface area contributed by atoms with E-state index in [4.69, 9.17) is 10.00 Å². The quantitative estimate of drug-likeness (QED) is 0.814. The Labute approximate surface area is 119 Å². The fourth-order valence-electron chi connectivity index (χ4n) is 2.38. The number of unbranched alkanes of at least 4 members (excludes halogenated alkanes) is 1. The Morgan fingerprint density at radius 2 is 2.15 bits per heavy atom. The molecule has 0 atom stereocenters. The SMILES string of the molecule is CCCCn1cc(CN2CCOCC2)cc(C#N)c1=O. The zero-order valence-electron chi connectivity index (χ0n) is 12.0. The number of hydrogen-bond donors (Lipinski definition) is 0. The molecule has 20 heavy (non-hydrogen) atoms. The summed E-state index contributed by atoms with van der Waals surface area (Å²) in [5.41, 5.74) is 1.10. The van der Waals surface area contributed by atoms with E-state index >= 15 is 0 Å². The van der Waals surface area contributed by atoms with E-state index in [9.17, 15) is 4.79 Å². The first-order valence-electron chi connectivity index (χ1n) is 7.18. The largest absolute Gasteiger partial charge is 0.379 e. The minimum Gasteiger partial charge on any atom is -0.379 e. The first-order chi connectivity index (χ1) is 9.74. The van der Waals surface area contributed by atoms with Crippen LogP contribution in [0.2, 0.25) is 0 Å². The number of aryl methyl sites for hydroxylation is 1. The van der Waals surface area contributed by atoms with Gasteiger partial charge in [0.2, 0.25) is 0 Å². The standard InChI is InChI=1S/C15H21N3O2/c1-2-3-4-18-12-13(9-14(10-16)15(18)19)11-17-5-7-20-8-6-17/h9,12H,2-8,11H2,1H3. The summed E-state index contributed by atoms with van der Waals surface area (Å²) in [5, 5.41) is 9.10. The summed E-state index contributed by atoms with van der Waals surface area (Å²) in [4.78, 5) is 14.3. The van der Waals surface area contributed by atoms with Crippen LogP contribution in [0.1, 0.15) is 30.9 Å². The fourth-order valence-corrected chi connectivity index (χ4v) is 2.38. The molecule has 2 heterocycles. The van der Waals surface area contributed by atoms with E-state index in [1.54, 1.807) is 10.6 Å². The van der Waals surface area contributed by atoms with E-state index < -0.39 is 0 Å². The number of hydrogen-bond acceptors (Lipinski definition) is 4. The second kappa shape index (κ2) is 7.22.